The molecule has 0 amide bonds. The summed E-state index contributed by atoms with van der Waals surface area (Å²) in [6, 6.07) is 3.73. The predicted octanol–water partition coefficient (Wildman–Crippen LogP) is -2.87. The zero-order valence-electron chi connectivity index (χ0n) is 8.88. The summed E-state index contributed by atoms with van der Waals surface area (Å²) in [5, 5.41) is 10.9. The molecule has 76 valence electrons. The molecule has 1 aliphatic carbocycles. The molecule has 2 aromatic heterocycles. The Hall–Kier alpha value is -1.31. The topological polar surface area (TPSA) is 70.8 Å². The van der Waals surface area contributed by atoms with Crippen LogP contribution < -0.4 is 24.0 Å². The van der Waals surface area contributed by atoms with Gasteiger partial charge in [0.25, 0.3) is 0 Å². The molecule has 0 atom stereocenters. The van der Waals surface area contributed by atoms with Gasteiger partial charge >= 0.3 is 18.9 Å². The Morgan fingerprint density at radius 2 is 2.25 bits per heavy atom. The number of aromatic nitrogens is 3. The smallest absolute Gasteiger partial charge is 0.542 e. The molecule has 0 bridgehead atoms. The van der Waals surface area contributed by atoms with Crippen molar-refractivity contribution in [1.82, 2.24) is 14.5 Å². The quantitative estimate of drug-likeness (QED) is 0.498. The Bertz CT molecular complexity index is 548. The van der Waals surface area contributed by atoms with Gasteiger partial charge in [-0.15, -0.1) is 0 Å². The summed E-state index contributed by atoms with van der Waals surface area (Å²) in [6.07, 6.45) is 3.62. The number of carboxylic acids is 1. The Balaban J connectivity index is 0.000000963. The first-order valence-electron chi connectivity index (χ1n) is 4.81. The standard InChI is InChI=1S/C10H9N3O2.Li/c14-10(15)9-12-7-2-1-5-11-8(7)13(9)6-3-4-6;/h1-2,5-6H,3-4H2,(H,14,15);/q;+1/p-1. The molecule has 0 spiro atoms. The van der Waals surface area contributed by atoms with Crippen LogP contribution in [0, 0.1) is 0 Å². The van der Waals surface area contributed by atoms with Crippen molar-refractivity contribution in [3.8, 4) is 0 Å². The molecule has 0 N–H and O–H groups in total. The fourth-order valence-corrected chi connectivity index (χ4v) is 1.75. The van der Waals surface area contributed by atoms with Crippen LogP contribution in [0.1, 0.15) is 29.5 Å². The molecule has 1 saturated carbocycles. The molecule has 1 aliphatic rings. The number of aromatic carboxylic acids is 1. The number of carbonyl (C=O) groups excluding carboxylic acids is 1. The van der Waals surface area contributed by atoms with E-state index in [0.717, 1.165) is 12.8 Å². The van der Waals surface area contributed by atoms with Crippen LogP contribution in [-0.4, -0.2) is 20.5 Å². The third-order valence-electron chi connectivity index (χ3n) is 2.54. The number of nitrogens with zero attached hydrogens (tertiary/aromatic N) is 3. The van der Waals surface area contributed by atoms with Crippen molar-refractivity contribution in [1.29, 1.82) is 0 Å². The van der Waals surface area contributed by atoms with Crippen molar-refractivity contribution in [3.05, 3.63) is 24.2 Å². The summed E-state index contributed by atoms with van der Waals surface area (Å²) < 4.78 is 1.67. The van der Waals surface area contributed by atoms with E-state index in [1.807, 2.05) is 0 Å². The van der Waals surface area contributed by atoms with Crippen LogP contribution in [0.4, 0.5) is 0 Å². The van der Waals surface area contributed by atoms with Gasteiger partial charge in [0, 0.05) is 12.2 Å². The van der Waals surface area contributed by atoms with Crippen LogP contribution in [0.3, 0.4) is 0 Å². The largest absolute Gasteiger partial charge is 1.00 e. The monoisotopic (exact) mass is 209 g/mol. The van der Waals surface area contributed by atoms with Gasteiger partial charge in [-0.25, -0.2) is 9.97 Å². The summed E-state index contributed by atoms with van der Waals surface area (Å²) in [7, 11) is 0. The van der Waals surface area contributed by atoms with Crippen molar-refractivity contribution in [2.45, 2.75) is 18.9 Å². The van der Waals surface area contributed by atoms with Gasteiger partial charge in [-0.3, -0.25) is 0 Å². The number of hydrogen-bond donors (Lipinski definition) is 0. The van der Waals surface area contributed by atoms with E-state index in [9.17, 15) is 9.90 Å². The van der Waals surface area contributed by atoms with E-state index in [1.165, 1.54) is 0 Å². The summed E-state index contributed by atoms with van der Waals surface area (Å²) >= 11 is 0. The number of rotatable bonds is 2. The van der Waals surface area contributed by atoms with Gasteiger partial charge < -0.3 is 14.5 Å². The first kappa shape index (κ1) is 11.2. The van der Waals surface area contributed by atoms with Crippen LogP contribution in [0.5, 0.6) is 0 Å². The average molecular weight is 209 g/mol. The number of hydrogen-bond acceptors (Lipinski definition) is 4. The third kappa shape index (κ3) is 1.62. The number of carboxylic acid groups (broad SMARTS) is 1. The number of pyridine rings is 1. The van der Waals surface area contributed by atoms with E-state index in [4.69, 9.17) is 0 Å². The summed E-state index contributed by atoms with van der Waals surface area (Å²) in [6.45, 7) is 0. The second kappa shape index (κ2) is 3.93. The van der Waals surface area contributed by atoms with Crippen molar-refractivity contribution in [3.63, 3.8) is 0 Å². The van der Waals surface area contributed by atoms with Gasteiger partial charge in [-0.05, 0) is 25.0 Å². The number of imidazole rings is 1. The summed E-state index contributed by atoms with van der Waals surface area (Å²) in [5.74, 6) is -1.24. The summed E-state index contributed by atoms with van der Waals surface area (Å²) in [5.41, 5.74) is 1.25. The maximum atomic E-state index is 10.9. The van der Waals surface area contributed by atoms with Crippen molar-refractivity contribution < 1.29 is 28.8 Å². The molecule has 6 heteroatoms. The van der Waals surface area contributed by atoms with Gasteiger partial charge in [0.05, 0.1) is 0 Å². The Kier molecular flexibility index (Phi) is 2.74. The normalized spacial score (nSPS) is 14.8. The maximum Gasteiger partial charge on any atom is 1.00 e. The minimum absolute atomic E-state index is 0. The number of fused-ring (bicyclic) bond motifs is 1. The molecule has 0 aliphatic heterocycles. The molecule has 2 heterocycles. The van der Waals surface area contributed by atoms with Crippen molar-refractivity contribution >= 4 is 17.1 Å². The van der Waals surface area contributed by atoms with Gasteiger partial charge in [0.1, 0.15) is 11.5 Å². The third-order valence-corrected chi connectivity index (χ3v) is 2.54. The zero-order chi connectivity index (χ0) is 10.4. The minimum Gasteiger partial charge on any atom is -0.542 e. The molecule has 1 fully saturated rings. The molecule has 0 unspecified atom stereocenters. The second-order valence-electron chi connectivity index (χ2n) is 3.67. The fourth-order valence-electron chi connectivity index (χ4n) is 1.75. The zero-order valence-corrected chi connectivity index (χ0v) is 8.88. The van der Waals surface area contributed by atoms with Crippen LogP contribution in [0.25, 0.3) is 11.2 Å². The Labute approximate surface area is 104 Å². The van der Waals surface area contributed by atoms with Gasteiger partial charge in [-0.1, -0.05) is 0 Å². The molecule has 5 nitrogen and oxygen atoms in total. The fraction of sp³-hybridized carbons (Fsp3) is 0.300. The average Bonchev–Trinajstić information content (AvgIpc) is 2.98. The SMILES string of the molecule is O=C([O-])c1nc2cccnc2n1C1CC1.[Li+]. The van der Waals surface area contributed by atoms with E-state index >= 15 is 0 Å². The van der Waals surface area contributed by atoms with Crippen molar-refractivity contribution in [2.24, 2.45) is 0 Å². The molecule has 3 rings (SSSR count). The first-order valence-corrected chi connectivity index (χ1v) is 4.81. The van der Waals surface area contributed by atoms with Crippen LogP contribution in [0.15, 0.2) is 18.3 Å². The Morgan fingerprint density at radius 3 is 2.88 bits per heavy atom. The Morgan fingerprint density at radius 1 is 1.50 bits per heavy atom. The van der Waals surface area contributed by atoms with Gasteiger partial charge in [0.2, 0.25) is 0 Å². The van der Waals surface area contributed by atoms with E-state index < -0.39 is 5.97 Å². The molecular weight excluding hydrogens is 201 g/mol. The molecule has 16 heavy (non-hydrogen) atoms. The number of carbonyl (C=O) groups is 1. The predicted molar refractivity (Wildman–Crippen MR) is 50.1 cm³/mol. The minimum atomic E-state index is -1.24. The van der Waals surface area contributed by atoms with Gasteiger partial charge in [0.15, 0.2) is 11.5 Å². The molecule has 0 saturated heterocycles. The van der Waals surface area contributed by atoms with E-state index in [0.29, 0.717) is 11.2 Å². The van der Waals surface area contributed by atoms with Crippen molar-refractivity contribution in [2.75, 3.05) is 0 Å². The second-order valence-corrected chi connectivity index (χ2v) is 3.67. The first-order chi connectivity index (χ1) is 7.27. The summed E-state index contributed by atoms with van der Waals surface area (Å²) in [4.78, 5) is 19.1. The van der Waals surface area contributed by atoms with Crippen LogP contribution >= 0.6 is 0 Å². The molecular formula is C10H8LiN3O2. The van der Waals surface area contributed by atoms with E-state index in [1.54, 1.807) is 22.9 Å². The molecule has 2 aromatic rings. The van der Waals surface area contributed by atoms with Crippen LogP contribution in [-0.2, 0) is 0 Å². The van der Waals surface area contributed by atoms with E-state index in [-0.39, 0.29) is 30.7 Å². The van der Waals surface area contributed by atoms with Gasteiger partial charge in [-0.2, -0.15) is 0 Å². The maximum absolute atomic E-state index is 10.9. The molecule has 0 radical (unpaired) electrons. The van der Waals surface area contributed by atoms with Crippen LogP contribution in [0.2, 0.25) is 0 Å². The van der Waals surface area contributed by atoms with E-state index in [2.05, 4.69) is 9.97 Å². The molecule has 0 aromatic carbocycles.